The first kappa shape index (κ1) is 14.6. The maximum absolute atomic E-state index is 13.6. The van der Waals surface area contributed by atoms with E-state index >= 15 is 0 Å². The number of aromatic carboxylic acids is 1. The quantitative estimate of drug-likeness (QED) is 0.909. The van der Waals surface area contributed by atoms with Gasteiger partial charge in [-0.1, -0.05) is 29.3 Å². The number of carboxylic acids is 1. The molecule has 0 bridgehead atoms. The van der Waals surface area contributed by atoms with Crippen LogP contribution in [-0.2, 0) is 6.61 Å². The molecule has 0 saturated heterocycles. The molecule has 0 fully saturated rings. The van der Waals surface area contributed by atoms with Gasteiger partial charge in [0.2, 0.25) is 0 Å². The topological polar surface area (TPSA) is 46.5 Å². The number of hydrogen-bond acceptors (Lipinski definition) is 2. The molecule has 0 heterocycles. The van der Waals surface area contributed by atoms with Gasteiger partial charge in [-0.3, -0.25) is 0 Å². The van der Waals surface area contributed by atoms with E-state index in [1.54, 1.807) is 0 Å². The Morgan fingerprint density at radius 2 is 2.00 bits per heavy atom. The van der Waals surface area contributed by atoms with Gasteiger partial charge in [0, 0.05) is 10.6 Å². The zero-order valence-corrected chi connectivity index (χ0v) is 11.6. The largest absolute Gasteiger partial charge is 0.488 e. The molecule has 20 heavy (non-hydrogen) atoms. The van der Waals surface area contributed by atoms with Crippen molar-refractivity contribution >= 4 is 29.2 Å². The van der Waals surface area contributed by atoms with Crippen molar-refractivity contribution in [1.82, 2.24) is 0 Å². The molecule has 0 atom stereocenters. The van der Waals surface area contributed by atoms with Crippen molar-refractivity contribution < 1.29 is 19.0 Å². The molecule has 0 radical (unpaired) electrons. The Kier molecular flexibility index (Phi) is 4.47. The van der Waals surface area contributed by atoms with Gasteiger partial charge in [-0.2, -0.15) is 0 Å². The predicted molar refractivity (Wildman–Crippen MR) is 74.2 cm³/mol. The van der Waals surface area contributed by atoms with Crippen molar-refractivity contribution in [3.05, 3.63) is 63.4 Å². The third kappa shape index (κ3) is 3.21. The van der Waals surface area contributed by atoms with Gasteiger partial charge in [0.25, 0.3) is 0 Å². The van der Waals surface area contributed by atoms with Crippen molar-refractivity contribution in [1.29, 1.82) is 0 Å². The van der Waals surface area contributed by atoms with E-state index in [0.29, 0.717) is 5.02 Å². The SMILES string of the molecule is O=C(O)c1ccc(Cl)cc1OCc1c(F)cccc1Cl. The molecule has 2 aromatic carbocycles. The van der Waals surface area contributed by atoms with E-state index in [-0.39, 0.29) is 28.5 Å². The molecule has 2 rings (SSSR count). The summed E-state index contributed by atoms with van der Waals surface area (Å²) in [5, 5.41) is 9.58. The zero-order valence-electron chi connectivity index (χ0n) is 10.1. The first-order chi connectivity index (χ1) is 9.49. The van der Waals surface area contributed by atoms with Crippen LogP contribution in [0.15, 0.2) is 36.4 Å². The molecule has 1 N–H and O–H groups in total. The van der Waals surface area contributed by atoms with Crippen molar-refractivity contribution in [2.75, 3.05) is 0 Å². The van der Waals surface area contributed by atoms with Crippen molar-refractivity contribution in [3.8, 4) is 5.75 Å². The number of carboxylic acid groups (broad SMARTS) is 1. The Labute approximate surface area is 124 Å². The highest BCUT2D eigenvalue weighted by molar-refractivity contribution is 6.31. The fraction of sp³-hybridized carbons (Fsp3) is 0.0714. The highest BCUT2D eigenvalue weighted by Gasteiger charge is 2.14. The van der Waals surface area contributed by atoms with Crippen LogP contribution in [0.2, 0.25) is 10.0 Å². The van der Waals surface area contributed by atoms with E-state index in [1.165, 1.54) is 36.4 Å². The molecular formula is C14H9Cl2FO3. The third-order valence-electron chi connectivity index (χ3n) is 2.61. The highest BCUT2D eigenvalue weighted by Crippen LogP contribution is 2.26. The van der Waals surface area contributed by atoms with Crippen LogP contribution in [0.4, 0.5) is 4.39 Å². The standard InChI is InChI=1S/C14H9Cl2FO3/c15-8-4-5-9(14(18)19)13(6-8)20-7-10-11(16)2-1-3-12(10)17/h1-6H,7H2,(H,18,19). The van der Waals surface area contributed by atoms with Crippen LogP contribution in [0.5, 0.6) is 5.75 Å². The first-order valence-corrected chi connectivity index (χ1v) is 6.33. The molecule has 2 aromatic rings. The van der Waals surface area contributed by atoms with Crippen molar-refractivity contribution in [3.63, 3.8) is 0 Å². The minimum Gasteiger partial charge on any atom is -0.488 e. The minimum atomic E-state index is -1.16. The van der Waals surface area contributed by atoms with Gasteiger partial charge in [-0.25, -0.2) is 9.18 Å². The Morgan fingerprint density at radius 1 is 1.25 bits per heavy atom. The summed E-state index contributed by atoms with van der Waals surface area (Å²) in [6, 6.07) is 8.37. The van der Waals surface area contributed by atoms with Gasteiger partial charge in [0.05, 0.1) is 5.02 Å². The Morgan fingerprint density at radius 3 is 2.65 bits per heavy atom. The van der Waals surface area contributed by atoms with Gasteiger partial charge in [0.1, 0.15) is 23.7 Å². The van der Waals surface area contributed by atoms with Crippen LogP contribution in [0.3, 0.4) is 0 Å². The zero-order chi connectivity index (χ0) is 14.7. The van der Waals surface area contributed by atoms with E-state index in [4.69, 9.17) is 33.0 Å². The van der Waals surface area contributed by atoms with Crippen LogP contribution >= 0.6 is 23.2 Å². The van der Waals surface area contributed by atoms with E-state index in [2.05, 4.69) is 0 Å². The van der Waals surface area contributed by atoms with Crippen molar-refractivity contribution in [2.24, 2.45) is 0 Å². The smallest absolute Gasteiger partial charge is 0.339 e. The molecule has 104 valence electrons. The lowest BCUT2D eigenvalue weighted by Crippen LogP contribution is -2.05. The lowest BCUT2D eigenvalue weighted by atomic mass is 10.2. The molecule has 0 saturated carbocycles. The second kappa shape index (κ2) is 6.11. The van der Waals surface area contributed by atoms with Gasteiger partial charge in [-0.15, -0.1) is 0 Å². The summed E-state index contributed by atoms with van der Waals surface area (Å²) in [5.74, 6) is -1.61. The first-order valence-electron chi connectivity index (χ1n) is 5.57. The number of ether oxygens (including phenoxy) is 1. The highest BCUT2D eigenvalue weighted by atomic mass is 35.5. The van der Waals surface area contributed by atoms with Gasteiger partial charge < -0.3 is 9.84 Å². The fourth-order valence-electron chi connectivity index (χ4n) is 1.61. The second-order valence-corrected chi connectivity index (χ2v) is 4.78. The van der Waals surface area contributed by atoms with Crippen LogP contribution < -0.4 is 4.74 Å². The summed E-state index contributed by atoms with van der Waals surface area (Å²) in [7, 11) is 0. The monoisotopic (exact) mass is 314 g/mol. The number of halogens is 3. The average Bonchev–Trinajstić information content (AvgIpc) is 2.37. The lowest BCUT2D eigenvalue weighted by molar-refractivity contribution is 0.0692. The normalized spacial score (nSPS) is 10.3. The minimum absolute atomic E-state index is 0.0538. The maximum atomic E-state index is 13.6. The number of rotatable bonds is 4. The summed E-state index contributed by atoms with van der Waals surface area (Å²) in [6.07, 6.45) is 0. The van der Waals surface area contributed by atoms with Gasteiger partial charge in [-0.05, 0) is 30.3 Å². The van der Waals surface area contributed by atoms with Gasteiger partial charge in [0.15, 0.2) is 0 Å². The van der Waals surface area contributed by atoms with Crippen LogP contribution in [0.1, 0.15) is 15.9 Å². The molecule has 0 spiro atoms. The van der Waals surface area contributed by atoms with E-state index in [9.17, 15) is 9.18 Å². The van der Waals surface area contributed by atoms with Crippen molar-refractivity contribution in [2.45, 2.75) is 6.61 Å². The molecule has 0 aliphatic heterocycles. The summed E-state index contributed by atoms with van der Waals surface area (Å²) < 4.78 is 18.9. The molecule has 6 heteroatoms. The maximum Gasteiger partial charge on any atom is 0.339 e. The summed E-state index contributed by atoms with van der Waals surface area (Å²) in [6.45, 7) is -0.188. The van der Waals surface area contributed by atoms with Gasteiger partial charge >= 0.3 is 5.97 Å². The molecule has 0 amide bonds. The average molecular weight is 315 g/mol. The molecular weight excluding hydrogens is 306 g/mol. The lowest BCUT2D eigenvalue weighted by Gasteiger charge is -2.11. The van der Waals surface area contributed by atoms with E-state index in [1.807, 2.05) is 0 Å². The van der Waals surface area contributed by atoms with Crippen LogP contribution in [-0.4, -0.2) is 11.1 Å². The number of carbonyl (C=O) groups is 1. The Hall–Kier alpha value is -1.78. The Balaban J connectivity index is 2.27. The third-order valence-corrected chi connectivity index (χ3v) is 3.20. The number of hydrogen-bond donors (Lipinski definition) is 1. The second-order valence-electron chi connectivity index (χ2n) is 3.93. The predicted octanol–water partition coefficient (Wildman–Crippen LogP) is 4.41. The van der Waals surface area contributed by atoms with Crippen LogP contribution in [0.25, 0.3) is 0 Å². The summed E-state index contributed by atoms with van der Waals surface area (Å²) >= 11 is 11.7. The van der Waals surface area contributed by atoms with Crippen LogP contribution in [0, 0.1) is 5.82 Å². The summed E-state index contributed by atoms with van der Waals surface area (Å²) in [4.78, 5) is 11.1. The molecule has 0 aliphatic rings. The molecule has 0 unspecified atom stereocenters. The van der Waals surface area contributed by atoms with E-state index in [0.717, 1.165) is 0 Å². The fourth-order valence-corrected chi connectivity index (χ4v) is 1.99. The molecule has 0 aliphatic carbocycles. The molecule has 0 aromatic heterocycles. The summed E-state index contributed by atoms with van der Waals surface area (Å²) in [5.41, 5.74) is 0.104. The number of benzene rings is 2. The molecule has 3 nitrogen and oxygen atoms in total. The Bertz CT molecular complexity index is 639. The van der Waals surface area contributed by atoms with E-state index < -0.39 is 11.8 Å².